The molecule has 1 heterocycles. The molecule has 0 bridgehead atoms. The number of halogens is 1. The van der Waals surface area contributed by atoms with E-state index in [2.05, 4.69) is 21.0 Å². The fourth-order valence-electron chi connectivity index (χ4n) is 2.15. The summed E-state index contributed by atoms with van der Waals surface area (Å²) in [6.07, 6.45) is 2.89. The summed E-state index contributed by atoms with van der Waals surface area (Å²) in [5.74, 6) is -1.12. The smallest absolute Gasteiger partial charge is 0.306 e. The molecule has 5 nitrogen and oxygen atoms in total. The van der Waals surface area contributed by atoms with Gasteiger partial charge in [0.1, 0.15) is 0 Å². The molecule has 1 aromatic heterocycles. The van der Waals surface area contributed by atoms with E-state index in [0.29, 0.717) is 19.4 Å². The molecule has 6 heteroatoms. The minimum Gasteiger partial charge on any atom is -0.481 e. The molecule has 1 rings (SSSR count). The minimum absolute atomic E-state index is 0.371. The Kier molecular flexibility index (Phi) is 6.51. The second kappa shape index (κ2) is 7.65. The van der Waals surface area contributed by atoms with Crippen molar-refractivity contribution in [3.05, 3.63) is 15.9 Å². The molecule has 0 fully saturated rings. The quantitative estimate of drug-likeness (QED) is 0.716. The van der Waals surface area contributed by atoms with E-state index in [0.717, 1.165) is 35.2 Å². The topological polar surface area (TPSA) is 81.1 Å². The van der Waals surface area contributed by atoms with Crippen molar-refractivity contribution in [3.8, 4) is 0 Å². The zero-order valence-corrected chi connectivity index (χ0v) is 13.1. The van der Waals surface area contributed by atoms with Gasteiger partial charge in [-0.15, -0.1) is 0 Å². The molecule has 1 unspecified atom stereocenters. The van der Waals surface area contributed by atoms with Crippen LogP contribution in [0.5, 0.6) is 0 Å². The molecule has 0 saturated heterocycles. The molecule has 0 radical (unpaired) electrons. The summed E-state index contributed by atoms with van der Waals surface area (Å²) in [5, 5.41) is 13.7. The third-order valence-electron chi connectivity index (χ3n) is 3.25. The molecule has 3 N–H and O–H groups in total. The number of aliphatic carboxylic acids is 1. The van der Waals surface area contributed by atoms with E-state index in [1.807, 2.05) is 18.5 Å². The highest BCUT2D eigenvalue weighted by molar-refractivity contribution is 9.10. The van der Waals surface area contributed by atoms with Crippen LogP contribution in [0.15, 0.2) is 4.47 Å². The van der Waals surface area contributed by atoms with Crippen LogP contribution in [0.25, 0.3) is 0 Å². The Balaban J connectivity index is 2.81. The maximum Gasteiger partial charge on any atom is 0.306 e. The molecule has 0 amide bonds. The molecular formula is C13H22BrN3O2. The number of hydrogen-bond donors (Lipinski definition) is 2. The van der Waals surface area contributed by atoms with Gasteiger partial charge in [-0.2, -0.15) is 5.10 Å². The van der Waals surface area contributed by atoms with Gasteiger partial charge in [-0.05, 0) is 49.2 Å². The van der Waals surface area contributed by atoms with Gasteiger partial charge in [0.05, 0.1) is 21.8 Å². The van der Waals surface area contributed by atoms with E-state index in [-0.39, 0.29) is 5.92 Å². The van der Waals surface area contributed by atoms with Gasteiger partial charge >= 0.3 is 5.97 Å². The lowest BCUT2D eigenvalue weighted by atomic mass is 9.96. The fourth-order valence-corrected chi connectivity index (χ4v) is 2.59. The molecule has 0 aliphatic rings. The minimum atomic E-state index is -0.745. The normalized spacial score (nSPS) is 12.6. The Labute approximate surface area is 122 Å². The number of rotatable bonds is 8. The van der Waals surface area contributed by atoms with E-state index in [1.54, 1.807) is 0 Å². The maximum atomic E-state index is 11.3. The predicted octanol–water partition coefficient (Wildman–Crippen LogP) is 2.35. The van der Waals surface area contributed by atoms with Crippen molar-refractivity contribution in [1.29, 1.82) is 0 Å². The van der Waals surface area contributed by atoms with Crippen molar-refractivity contribution in [2.45, 2.75) is 46.1 Å². The monoisotopic (exact) mass is 331 g/mol. The molecule has 0 aromatic carbocycles. The number of aromatic nitrogens is 2. The summed E-state index contributed by atoms with van der Waals surface area (Å²) in [5.41, 5.74) is 7.33. The lowest BCUT2D eigenvalue weighted by Gasteiger charge is -2.13. The third kappa shape index (κ3) is 4.31. The number of aryl methyl sites for hydroxylation is 2. The van der Waals surface area contributed by atoms with Crippen molar-refractivity contribution in [1.82, 2.24) is 9.78 Å². The van der Waals surface area contributed by atoms with Gasteiger partial charge in [0.2, 0.25) is 0 Å². The average Bonchev–Trinajstić information content (AvgIpc) is 2.64. The number of unbranched alkanes of at least 4 members (excludes halogenated alkanes) is 1. The Morgan fingerprint density at radius 3 is 2.74 bits per heavy atom. The van der Waals surface area contributed by atoms with Crippen molar-refractivity contribution in [3.63, 3.8) is 0 Å². The van der Waals surface area contributed by atoms with Gasteiger partial charge in [0.15, 0.2) is 0 Å². The molecule has 108 valence electrons. The lowest BCUT2D eigenvalue weighted by molar-refractivity contribution is -0.142. The van der Waals surface area contributed by atoms with Crippen LogP contribution in [0.1, 0.15) is 37.6 Å². The SMILES string of the molecule is CCn1nc(C)c(Br)c1CC(CCCCN)C(=O)O. The summed E-state index contributed by atoms with van der Waals surface area (Å²) in [6.45, 7) is 5.29. The van der Waals surface area contributed by atoms with E-state index in [4.69, 9.17) is 5.73 Å². The van der Waals surface area contributed by atoms with Crippen LogP contribution in [0.4, 0.5) is 0 Å². The van der Waals surface area contributed by atoms with E-state index < -0.39 is 5.97 Å². The Morgan fingerprint density at radius 1 is 1.53 bits per heavy atom. The number of hydrogen-bond acceptors (Lipinski definition) is 3. The third-order valence-corrected chi connectivity index (χ3v) is 4.28. The van der Waals surface area contributed by atoms with Gasteiger partial charge in [-0.1, -0.05) is 6.42 Å². The second-order valence-corrected chi connectivity index (χ2v) is 5.48. The van der Waals surface area contributed by atoms with E-state index >= 15 is 0 Å². The molecule has 19 heavy (non-hydrogen) atoms. The largest absolute Gasteiger partial charge is 0.481 e. The molecule has 1 atom stereocenters. The fraction of sp³-hybridized carbons (Fsp3) is 0.692. The van der Waals surface area contributed by atoms with E-state index in [9.17, 15) is 9.90 Å². The van der Waals surface area contributed by atoms with Crippen LogP contribution in [0.3, 0.4) is 0 Å². The number of carbonyl (C=O) groups is 1. The first-order valence-electron chi connectivity index (χ1n) is 6.65. The molecule has 0 aliphatic carbocycles. The van der Waals surface area contributed by atoms with Gasteiger partial charge in [0, 0.05) is 13.0 Å². The highest BCUT2D eigenvalue weighted by atomic mass is 79.9. The molecule has 0 aliphatic heterocycles. The summed E-state index contributed by atoms with van der Waals surface area (Å²) >= 11 is 3.51. The first kappa shape index (κ1) is 16.2. The Hall–Kier alpha value is -0.880. The highest BCUT2D eigenvalue weighted by Gasteiger charge is 2.22. The zero-order valence-electron chi connectivity index (χ0n) is 11.5. The van der Waals surface area contributed by atoms with Gasteiger partial charge in [0.25, 0.3) is 0 Å². The average molecular weight is 332 g/mol. The number of carboxylic acid groups (broad SMARTS) is 1. The van der Waals surface area contributed by atoms with Crippen LogP contribution >= 0.6 is 15.9 Å². The van der Waals surface area contributed by atoms with Gasteiger partial charge in [-0.3, -0.25) is 9.48 Å². The second-order valence-electron chi connectivity index (χ2n) is 4.69. The van der Waals surface area contributed by atoms with Crippen LogP contribution in [-0.2, 0) is 17.8 Å². The summed E-state index contributed by atoms with van der Waals surface area (Å²) in [4.78, 5) is 11.3. The van der Waals surface area contributed by atoms with Gasteiger partial charge in [-0.25, -0.2) is 0 Å². The van der Waals surface area contributed by atoms with Crippen molar-refractivity contribution in [2.24, 2.45) is 11.7 Å². The van der Waals surface area contributed by atoms with Crippen molar-refractivity contribution < 1.29 is 9.90 Å². The first-order valence-corrected chi connectivity index (χ1v) is 7.45. The predicted molar refractivity (Wildman–Crippen MR) is 78.1 cm³/mol. The molecular weight excluding hydrogens is 310 g/mol. The summed E-state index contributed by atoms with van der Waals surface area (Å²) in [6, 6.07) is 0. The lowest BCUT2D eigenvalue weighted by Crippen LogP contribution is -2.19. The van der Waals surface area contributed by atoms with Crippen LogP contribution < -0.4 is 5.73 Å². The highest BCUT2D eigenvalue weighted by Crippen LogP contribution is 2.25. The van der Waals surface area contributed by atoms with Crippen LogP contribution in [-0.4, -0.2) is 27.4 Å². The molecule has 1 aromatic rings. The molecule has 0 saturated carbocycles. The standard InChI is InChI=1S/C13H22BrN3O2/c1-3-17-11(12(14)9(2)16-17)8-10(13(18)19)6-4-5-7-15/h10H,3-8,15H2,1-2H3,(H,18,19). The molecule has 0 spiro atoms. The van der Waals surface area contributed by atoms with Crippen LogP contribution in [0, 0.1) is 12.8 Å². The summed E-state index contributed by atoms with van der Waals surface area (Å²) in [7, 11) is 0. The van der Waals surface area contributed by atoms with Gasteiger partial charge < -0.3 is 10.8 Å². The van der Waals surface area contributed by atoms with Crippen molar-refractivity contribution in [2.75, 3.05) is 6.54 Å². The van der Waals surface area contributed by atoms with Crippen LogP contribution in [0.2, 0.25) is 0 Å². The Morgan fingerprint density at radius 2 is 2.21 bits per heavy atom. The first-order chi connectivity index (χ1) is 9.01. The Bertz CT molecular complexity index is 432. The zero-order chi connectivity index (χ0) is 14.4. The van der Waals surface area contributed by atoms with E-state index in [1.165, 1.54) is 0 Å². The maximum absolute atomic E-state index is 11.3. The van der Waals surface area contributed by atoms with Crippen molar-refractivity contribution >= 4 is 21.9 Å². The number of nitrogens with two attached hydrogens (primary N) is 1. The number of nitrogens with zero attached hydrogens (tertiary/aromatic N) is 2. The summed E-state index contributed by atoms with van der Waals surface area (Å²) < 4.78 is 2.80. The number of carboxylic acids is 1.